The predicted octanol–water partition coefficient (Wildman–Crippen LogP) is 0.00660. The Morgan fingerprint density at radius 1 is 1.67 bits per heavy atom. The zero-order valence-electron chi connectivity index (χ0n) is 4.33. The van der Waals surface area contributed by atoms with Gasteiger partial charge in [0.05, 0.1) is 0 Å². The fraction of sp³-hybridized carbons (Fsp3) is 0.500. The Hall–Kier alpha value is -0.420. The van der Waals surface area contributed by atoms with Crippen molar-refractivity contribution >= 4 is 27.7 Å². The fourth-order valence-electron chi connectivity index (χ4n) is 0.574. The molecular formula is C4H3BrNO3-. The third-order valence-electron chi connectivity index (χ3n) is 1.05. The predicted molar refractivity (Wildman–Crippen MR) is 32.6 cm³/mol. The molecule has 0 aromatic heterocycles. The second-order valence-electron chi connectivity index (χ2n) is 1.70. The second-order valence-corrected chi connectivity index (χ2v) is 2.80. The summed E-state index contributed by atoms with van der Waals surface area (Å²) in [5.74, 6) is -1.36. The lowest BCUT2D eigenvalue weighted by molar-refractivity contribution is -0.134. The number of rotatable bonds is 0. The summed E-state index contributed by atoms with van der Waals surface area (Å²) in [4.78, 5) is 20.2. The molecule has 0 spiro atoms. The molecule has 1 heterocycles. The third-order valence-corrected chi connectivity index (χ3v) is 1.76. The highest BCUT2D eigenvalue weighted by Gasteiger charge is 2.30. The van der Waals surface area contributed by atoms with Crippen LogP contribution in [0.25, 0.3) is 0 Å². The molecule has 1 aliphatic heterocycles. The van der Waals surface area contributed by atoms with Gasteiger partial charge < -0.3 is 10.3 Å². The smallest absolute Gasteiger partial charge is 0.232 e. The van der Waals surface area contributed by atoms with Crippen LogP contribution < -0.4 is 0 Å². The molecule has 0 radical (unpaired) electrons. The van der Waals surface area contributed by atoms with Crippen molar-refractivity contribution in [2.24, 2.45) is 0 Å². The number of hydrogen-bond donors (Lipinski definition) is 0. The number of hydrogen-bond acceptors (Lipinski definition) is 3. The van der Waals surface area contributed by atoms with Crippen LogP contribution in [0, 0.1) is 5.21 Å². The van der Waals surface area contributed by atoms with Crippen molar-refractivity contribution in [1.29, 1.82) is 0 Å². The molecule has 2 amide bonds. The average molecular weight is 193 g/mol. The lowest BCUT2D eigenvalue weighted by Gasteiger charge is -2.17. The average Bonchev–Trinajstić information content (AvgIpc) is 1.98. The molecule has 50 valence electrons. The van der Waals surface area contributed by atoms with Gasteiger partial charge in [0.1, 0.15) is 4.83 Å². The van der Waals surface area contributed by atoms with E-state index in [4.69, 9.17) is 0 Å². The molecule has 5 heteroatoms. The van der Waals surface area contributed by atoms with Crippen LogP contribution in [0.5, 0.6) is 0 Å². The lowest BCUT2D eigenvalue weighted by Crippen LogP contribution is -2.23. The SMILES string of the molecule is O=C1CC(Br)C(=O)N1[O-]. The van der Waals surface area contributed by atoms with Crippen molar-refractivity contribution in [3.05, 3.63) is 5.21 Å². The summed E-state index contributed by atoms with van der Waals surface area (Å²) in [5, 5.41) is 10.2. The van der Waals surface area contributed by atoms with Gasteiger partial charge in [-0.05, 0) is 0 Å². The molecule has 0 N–H and O–H groups in total. The monoisotopic (exact) mass is 192 g/mol. The van der Waals surface area contributed by atoms with Gasteiger partial charge in [-0.2, -0.15) is 0 Å². The van der Waals surface area contributed by atoms with Gasteiger partial charge in [0.25, 0.3) is 0 Å². The summed E-state index contributed by atoms with van der Waals surface area (Å²) in [6.45, 7) is 0. The van der Waals surface area contributed by atoms with Gasteiger partial charge in [0.2, 0.25) is 11.8 Å². The quantitative estimate of drug-likeness (QED) is 0.402. The van der Waals surface area contributed by atoms with E-state index in [2.05, 4.69) is 15.9 Å². The molecule has 1 aliphatic rings. The summed E-state index contributed by atoms with van der Waals surface area (Å²) in [5.41, 5.74) is 0. The Kier molecular flexibility index (Phi) is 1.54. The molecule has 0 aromatic carbocycles. The summed E-state index contributed by atoms with van der Waals surface area (Å²) < 4.78 is 0. The normalized spacial score (nSPS) is 27.8. The molecule has 1 atom stereocenters. The van der Waals surface area contributed by atoms with E-state index in [0.717, 1.165) is 0 Å². The standard InChI is InChI=1S/C4H3BrNO3/c5-2-1-3(7)6(9)4(2)8/h2H,1H2/q-1. The number of carbonyl (C=O) groups is 2. The van der Waals surface area contributed by atoms with E-state index in [1.807, 2.05) is 0 Å². The highest BCUT2D eigenvalue weighted by Crippen LogP contribution is 2.17. The van der Waals surface area contributed by atoms with Gasteiger partial charge >= 0.3 is 0 Å². The Balaban J connectivity index is 2.77. The zero-order chi connectivity index (χ0) is 7.02. The third kappa shape index (κ3) is 0.972. The van der Waals surface area contributed by atoms with Crippen molar-refractivity contribution in [3.63, 3.8) is 0 Å². The van der Waals surface area contributed by atoms with Crippen LogP contribution in [0.3, 0.4) is 0 Å². The van der Waals surface area contributed by atoms with Crippen LogP contribution in [0.4, 0.5) is 0 Å². The maximum Gasteiger partial charge on any atom is 0.232 e. The van der Waals surface area contributed by atoms with Crippen molar-refractivity contribution < 1.29 is 9.59 Å². The topological polar surface area (TPSA) is 60.4 Å². The minimum atomic E-state index is -0.694. The molecule has 1 fully saturated rings. The van der Waals surface area contributed by atoms with E-state index in [-0.39, 0.29) is 11.5 Å². The number of imide groups is 1. The first-order valence-electron chi connectivity index (χ1n) is 2.31. The van der Waals surface area contributed by atoms with Crippen molar-refractivity contribution in [1.82, 2.24) is 5.06 Å². The molecular weight excluding hydrogens is 190 g/mol. The van der Waals surface area contributed by atoms with E-state index >= 15 is 0 Å². The fourth-order valence-corrected chi connectivity index (χ4v) is 1.04. The van der Waals surface area contributed by atoms with Crippen LogP contribution in [0.1, 0.15) is 6.42 Å². The molecule has 9 heavy (non-hydrogen) atoms. The van der Waals surface area contributed by atoms with E-state index in [1.165, 1.54) is 0 Å². The molecule has 4 nitrogen and oxygen atoms in total. The van der Waals surface area contributed by atoms with E-state index in [0.29, 0.717) is 0 Å². The summed E-state index contributed by atoms with van der Waals surface area (Å²) in [7, 11) is 0. The first-order valence-corrected chi connectivity index (χ1v) is 3.22. The van der Waals surface area contributed by atoms with E-state index < -0.39 is 16.6 Å². The second kappa shape index (κ2) is 2.07. The van der Waals surface area contributed by atoms with Crippen LogP contribution in [-0.2, 0) is 9.59 Å². The molecule has 1 saturated heterocycles. The van der Waals surface area contributed by atoms with Crippen LogP contribution in [0.2, 0.25) is 0 Å². The van der Waals surface area contributed by atoms with Gasteiger partial charge in [0.15, 0.2) is 0 Å². The maximum atomic E-state index is 10.5. The highest BCUT2D eigenvalue weighted by molar-refractivity contribution is 9.10. The summed E-state index contributed by atoms with van der Waals surface area (Å²) >= 11 is 2.87. The molecule has 1 rings (SSSR count). The van der Waals surface area contributed by atoms with E-state index in [1.54, 1.807) is 0 Å². The van der Waals surface area contributed by atoms with Gasteiger partial charge in [-0.1, -0.05) is 15.9 Å². The Labute approximate surface area is 59.5 Å². The molecule has 0 saturated carbocycles. The Morgan fingerprint density at radius 2 is 2.22 bits per heavy atom. The van der Waals surface area contributed by atoms with Crippen molar-refractivity contribution in [2.75, 3.05) is 0 Å². The summed E-state index contributed by atoms with van der Waals surface area (Å²) in [6, 6.07) is 0. The summed E-state index contributed by atoms with van der Waals surface area (Å²) in [6.07, 6.45) is -0.0116. The van der Waals surface area contributed by atoms with Crippen LogP contribution in [-0.4, -0.2) is 21.7 Å². The number of carbonyl (C=O) groups excluding carboxylic acids is 2. The number of amides is 2. The number of halogens is 1. The largest absolute Gasteiger partial charge is 0.750 e. The van der Waals surface area contributed by atoms with Crippen LogP contribution in [0.15, 0.2) is 0 Å². The van der Waals surface area contributed by atoms with E-state index in [9.17, 15) is 14.8 Å². The minimum absolute atomic E-state index is 0.0116. The first-order chi connectivity index (χ1) is 4.13. The van der Waals surface area contributed by atoms with Crippen LogP contribution >= 0.6 is 15.9 Å². The van der Waals surface area contributed by atoms with Gasteiger partial charge in [-0.3, -0.25) is 9.59 Å². The molecule has 0 aromatic rings. The van der Waals surface area contributed by atoms with Gasteiger partial charge in [0, 0.05) is 6.42 Å². The lowest BCUT2D eigenvalue weighted by atomic mass is 10.4. The van der Waals surface area contributed by atoms with Gasteiger partial charge in [-0.15, -0.1) is 0 Å². The molecule has 1 unspecified atom stereocenters. The Bertz CT molecular complexity index is 169. The number of nitrogens with zero attached hydrogens (tertiary/aromatic N) is 1. The maximum absolute atomic E-state index is 10.5. The minimum Gasteiger partial charge on any atom is -0.750 e. The highest BCUT2D eigenvalue weighted by atomic mass is 79.9. The zero-order valence-corrected chi connectivity index (χ0v) is 5.92. The van der Waals surface area contributed by atoms with Crippen molar-refractivity contribution in [2.45, 2.75) is 11.2 Å². The van der Waals surface area contributed by atoms with Gasteiger partial charge in [-0.25, -0.2) is 0 Å². The first kappa shape index (κ1) is 6.70. The number of hydroxylamine groups is 2. The number of alkyl halides is 1. The Morgan fingerprint density at radius 3 is 2.33 bits per heavy atom. The van der Waals surface area contributed by atoms with Crippen molar-refractivity contribution in [3.8, 4) is 0 Å². The molecule has 0 bridgehead atoms. The molecule has 0 aliphatic carbocycles.